The van der Waals surface area contributed by atoms with Crippen molar-refractivity contribution in [1.82, 2.24) is 15.3 Å². The molecule has 7 nitrogen and oxygen atoms in total. The number of phenols is 1. The number of benzene rings is 2. The van der Waals surface area contributed by atoms with Crippen molar-refractivity contribution in [3.05, 3.63) is 48.3 Å². The van der Waals surface area contributed by atoms with Gasteiger partial charge in [-0.2, -0.15) is 0 Å². The number of hydrogen-bond donors (Lipinski definition) is 3. The summed E-state index contributed by atoms with van der Waals surface area (Å²) in [5, 5.41) is 22.9. The third kappa shape index (κ3) is 4.59. The highest BCUT2D eigenvalue weighted by Crippen LogP contribution is 2.35. The Morgan fingerprint density at radius 2 is 2.03 bits per heavy atom. The van der Waals surface area contributed by atoms with Crippen LogP contribution in [0.5, 0.6) is 5.75 Å². The quantitative estimate of drug-likeness (QED) is 0.518. The van der Waals surface area contributed by atoms with E-state index in [9.17, 15) is 19.4 Å². The fraction of sp³-hybridized carbons (Fsp3) is 0.375. The molecule has 32 heavy (non-hydrogen) atoms. The van der Waals surface area contributed by atoms with E-state index in [1.54, 1.807) is 30.3 Å². The van der Waals surface area contributed by atoms with E-state index in [-0.39, 0.29) is 23.5 Å². The van der Waals surface area contributed by atoms with Crippen molar-refractivity contribution in [2.45, 2.75) is 32.7 Å². The number of phenolic OH excluding ortho intramolecular Hbond substituents is 1. The Bertz CT molecular complexity index is 1140. The summed E-state index contributed by atoms with van der Waals surface area (Å²) in [6.45, 7) is 5.41. The summed E-state index contributed by atoms with van der Waals surface area (Å²) in [5.74, 6) is 1.11. The fourth-order valence-corrected chi connectivity index (χ4v) is 4.45. The molecule has 1 amide bonds. The number of amides is 1. The normalized spacial score (nSPS) is 17.1. The smallest absolute Gasteiger partial charge is 0.404 e. The third-order valence-electron chi connectivity index (χ3n) is 5.91. The summed E-state index contributed by atoms with van der Waals surface area (Å²) < 4.78 is 14.1. The number of aromatic hydroxyl groups is 1. The maximum atomic E-state index is 14.1. The highest BCUT2D eigenvalue weighted by atomic mass is 19.1. The topological polar surface area (TPSA) is 98.6 Å². The molecule has 0 spiro atoms. The molecule has 1 unspecified atom stereocenters. The second-order valence-corrected chi connectivity index (χ2v) is 8.73. The van der Waals surface area contributed by atoms with Gasteiger partial charge in [-0.15, -0.1) is 0 Å². The molecule has 168 valence electrons. The van der Waals surface area contributed by atoms with Crippen LogP contribution in [-0.2, 0) is 0 Å². The Balaban J connectivity index is 1.72. The molecule has 8 heteroatoms. The molecule has 3 aromatic rings. The van der Waals surface area contributed by atoms with E-state index in [4.69, 9.17) is 4.98 Å². The van der Waals surface area contributed by atoms with Crippen molar-refractivity contribution < 1.29 is 19.4 Å². The van der Waals surface area contributed by atoms with Gasteiger partial charge < -0.3 is 20.4 Å². The number of hydrogen-bond acceptors (Lipinski definition) is 5. The van der Waals surface area contributed by atoms with Crippen LogP contribution in [0.1, 0.15) is 26.7 Å². The van der Waals surface area contributed by atoms with Crippen LogP contribution in [0, 0.1) is 17.7 Å². The fourth-order valence-electron chi connectivity index (χ4n) is 4.45. The van der Waals surface area contributed by atoms with Crippen LogP contribution in [0.4, 0.5) is 15.0 Å². The predicted octanol–water partition coefficient (Wildman–Crippen LogP) is 4.65. The summed E-state index contributed by atoms with van der Waals surface area (Å²) in [5.41, 5.74) is 1.08. The molecule has 3 N–H and O–H groups in total. The van der Waals surface area contributed by atoms with E-state index < -0.39 is 6.09 Å². The first-order chi connectivity index (χ1) is 15.3. The standard InChI is InChI=1S/C24H27FN4O3/c1-14(2)11-20(27-24(31)32)15-9-10-29(13-15)23-18-12-16(25)7-8-19(18)26-22(28-23)17-5-3-4-6-21(17)30/h3-8,12,14-15,20,27,30H,9-11,13H2,1-2H3,(H,31,32)/t15-,20?/m0/s1. The Morgan fingerprint density at radius 1 is 1.25 bits per heavy atom. The lowest BCUT2D eigenvalue weighted by Gasteiger charge is -2.26. The van der Waals surface area contributed by atoms with Crippen LogP contribution in [0.15, 0.2) is 42.5 Å². The van der Waals surface area contributed by atoms with Gasteiger partial charge in [0.1, 0.15) is 17.4 Å². The minimum absolute atomic E-state index is 0.0712. The molecule has 2 aromatic carbocycles. The lowest BCUT2D eigenvalue weighted by molar-refractivity contribution is 0.181. The van der Waals surface area contributed by atoms with Gasteiger partial charge in [0, 0.05) is 24.5 Å². The Hall–Kier alpha value is -3.42. The zero-order valence-corrected chi connectivity index (χ0v) is 18.1. The van der Waals surface area contributed by atoms with Crippen LogP contribution < -0.4 is 10.2 Å². The molecule has 0 saturated carbocycles. The lowest BCUT2D eigenvalue weighted by atomic mass is 9.91. The van der Waals surface area contributed by atoms with E-state index >= 15 is 0 Å². The minimum atomic E-state index is -1.02. The van der Waals surface area contributed by atoms with Gasteiger partial charge in [0.25, 0.3) is 0 Å². The third-order valence-corrected chi connectivity index (χ3v) is 5.91. The van der Waals surface area contributed by atoms with Crippen LogP contribution in [0.25, 0.3) is 22.3 Å². The van der Waals surface area contributed by atoms with Crippen molar-refractivity contribution in [2.75, 3.05) is 18.0 Å². The number of fused-ring (bicyclic) bond motifs is 1. The Labute approximate surface area is 185 Å². The average molecular weight is 439 g/mol. The van der Waals surface area contributed by atoms with E-state index in [0.29, 0.717) is 47.1 Å². The molecule has 0 aliphatic carbocycles. The molecule has 4 rings (SSSR count). The van der Waals surface area contributed by atoms with Gasteiger partial charge in [0.2, 0.25) is 0 Å². The summed E-state index contributed by atoms with van der Waals surface area (Å²) in [6, 6.07) is 11.1. The average Bonchev–Trinajstić information content (AvgIpc) is 3.22. The van der Waals surface area contributed by atoms with Gasteiger partial charge in [0.15, 0.2) is 5.82 Å². The number of nitrogens with one attached hydrogen (secondary N) is 1. The lowest BCUT2D eigenvalue weighted by Crippen LogP contribution is -2.41. The monoisotopic (exact) mass is 438 g/mol. The highest BCUT2D eigenvalue weighted by molar-refractivity contribution is 5.91. The molecular formula is C24H27FN4O3. The largest absolute Gasteiger partial charge is 0.507 e. The highest BCUT2D eigenvalue weighted by Gasteiger charge is 2.32. The van der Waals surface area contributed by atoms with Crippen molar-refractivity contribution in [3.8, 4) is 17.1 Å². The number of nitrogens with zero attached hydrogens (tertiary/aromatic N) is 3. The van der Waals surface area contributed by atoms with E-state index in [2.05, 4.69) is 29.0 Å². The summed E-state index contributed by atoms with van der Waals surface area (Å²) in [7, 11) is 0. The molecule has 1 saturated heterocycles. The number of anilines is 1. The number of halogens is 1. The van der Waals surface area contributed by atoms with Gasteiger partial charge in [-0.1, -0.05) is 26.0 Å². The van der Waals surface area contributed by atoms with Gasteiger partial charge in [-0.25, -0.2) is 19.2 Å². The molecule has 2 heterocycles. The van der Waals surface area contributed by atoms with Gasteiger partial charge >= 0.3 is 6.09 Å². The van der Waals surface area contributed by atoms with Gasteiger partial charge in [-0.05, 0) is 55.0 Å². The zero-order valence-electron chi connectivity index (χ0n) is 18.1. The summed E-state index contributed by atoms with van der Waals surface area (Å²) in [6.07, 6.45) is 0.516. The molecule has 2 atom stereocenters. The summed E-state index contributed by atoms with van der Waals surface area (Å²) in [4.78, 5) is 22.7. The molecule has 1 fully saturated rings. The SMILES string of the molecule is CC(C)CC(NC(=O)O)[C@H]1CCN(c2nc(-c3ccccc3O)nc3ccc(F)cc23)C1. The van der Waals surface area contributed by atoms with Crippen LogP contribution in [0.2, 0.25) is 0 Å². The second-order valence-electron chi connectivity index (χ2n) is 8.73. The van der Waals surface area contributed by atoms with E-state index in [1.165, 1.54) is 12.1 Å². The number of para-hydroxylation sites is 1. The van der Waals surface area contributed by atoms with Crippen molar-refractivity contribution in [1.29, 1.82) is 0 Å². The first kappa shape index (κ1) is 21.8. The first-order valence-corrected chi connectivity index (χ1v) is 10.8. The number of carboxylic acid groups (broad SMARTS) is 1. The maximum Gasteiger partial charge on any atom is 0.404 e. The van der Waals surface area contributed by atoms with Crippen molar-refractivity contribution in [3.63, 3.8) is 0 Å². The van der Waals surface area contributed by atoms with Crippen LogP contribution >= 0.6 is 0 Å². The van der Waals surface area contributed by atoms with Crippen LogP contribution in [-0.4, -0.2) is 45.4 Å². The van der Waals surface area contributed by atoms with Crippen molar-refractivity contribution >= 4 is 22.8 Å². The number of aromatic nitrogens is 2. The molecule has 0 bridgehead atoms. The molecular weight excluding hydrogens is 411 g/mol. The predicted molar refractivity (Wildman–Crippen MR) is 121 cm³/mol. The van der Waals surface area contributed by atoms with E-state index in [1.807, 2.05) is 0 Å². The van der Waals surface area contributed by atoms with Gasteiger partial charge in [-0.3, -0.25) is 0 Å². The zero-order chi connectivity index (χ0) is 22.8. The summed E-state index contributed by atoms with van der Waals surface area (Å²) >= 11 is 0. The number of rotatable bonds is 6. The number of carbonyl (C=O) groups is 1. The van der Waals surface area contributed by atoms with E-state index in [0.717, 1.165) is 12.8 Å². The molecule has 1 aromatic heterocycles. The maximum absolute atomic E-state index is 14.1. The molecule has 1 aliphatic rings. The Morgan fingerprint density at radius 3 is 2.75 bits per heavy atom. The minimum Gasteiger partial charge on any atom is -0.507 e. The van der Waals surface area contributed by atoms with Crippen molar-refractivity contribution in [2.24, 2.45) is 11.8 Å². The Kier molecular flexibility index (Phi) is 6.12. The molecule has 1 aliphatic heterocycles. The second kappa shape index (κ2) is 8.98. The molecule has 0 radical (unpaired) electrons. The first-order valence-electron chi connectivity index (χ1n) is 10.8. The van der Waals surface area contributed by atoms with Crippen LogP contribution in [0.3, 0.4) is 0 Å². The van der Waals surface area contributed by atoms with Gasteiger partial charge in [0.05, 0.1) is 11.1 Å².